The second kappa shape index (κ2) is 7.74. The SMILES string of the molecule is Cc1nn2c(C(C)C)c(C(=O)NC3CCCCC3)cnc2c1-c1ccccc1. The fraction of sp³-hybridized carbons (Fsp3) is 0.435. The van der Waals surface area contributed by atoms with Crippen molar-refractivity contribution in [3.05, 3.63) is 53.5 Å². The van der Waals surface area contributed by atoms with E-state index in [0.29, 0.717) is 5.56 Å². The van der Waals surface area contributed by atoms with Gasteiger partial charge in [0.1, 0.15) is 0 Å². The Kier molecular flexibility index (Phi) is 5.16. The number of aromatic nitrogens is 3. The van der Waals surface area contributed by atoms with Crippen LogP contribution in [-0.2, 0) is 0 Å². The van der Waals surface area contributed by atoms with Gasteiger partial charge in [-0.1, -0.05) is 63.4 Å². The van der Waals surface area contributed by atoms with Crippen LogP contribution in [0.5, 0.6) is 0 Å². The molecular weight excluding hydrogens is 348 g/mol. The minimum Gasteiger partial charge on any atom is -0.349 e. The monoisotopic (exact) mass is 376 g/mol. The Morgan fingerprint density at radius 1 is 1.14 bits per heavy atom. The highest BCUT2D eigenvalue weighted by molar-refractivity contribution is 5.96. The van der Waals surface area contributed by atoms with E-state index in [1.54, 1.807) is 6.20 Å². The number of nitrogens with zero attached hydrogens (tertiary/aromatic N) is 3. The van der Waals surface area contributed by atoms with Gasteiger partial charge in [0.25, 0.3) is 5.91 Å². The molecule has 0 unspecified atom stereocenters. The lowest BCUT2D eigenvalue weighted by molar-refractivity contribution is 0.0925. The molecule has 5 nitrogen and oxygen atoms in total. The Hall–Kier alpha value is -2.69. The molecule has 0 saturated heterocycles. The number of amides is 1. The zero-order chi connectivity index (χ0) is 19.7. The van der Waals surface area contributed by atoms with Crippen LogP contribution in [-0.4, -0.2) is 26.5 Å². The van der Waals surface area contributed by atoms with Crippen molar-refractivity contribution in [1.29, 1.82) is 0 Å². The maximum Gasteiger partial charge on any atom is 0.254 e. The molecule has 1 N–H and O–H groups in total. The van der Waals surface area contributed by atoms with Gasteiger partial charge in [0.2, 0.25) is 0 Å². The number of rotatable bonds is 4. The largest absolute Gasteiger partial charge is 0.349 e. The second-order valence-electron chi connectivity index (χ2n) is 8.08. The lowest BCUT2D eigenvalue weighted by Crippen LogP contribution is -2.37. The van der Waals surface area contributed by atoms with Crippen LogP contribution in [0.4, 0.5) is 0 Å². The smallest absolute Gasteiger partial charge is 0.254 e. The van der Waals surface area contributed by atoms with Crippen molar-refractivity contribution in [2.75, 3.05) is 0 Å². The van der Waals surface area contributed by atoms with Crippen molar-refractivity contribution >= 4 is 11.6 Å². The van der Waals surface area contributed by atoms with Crippen molar-refractivity contribution in [2.24, 2.45) is 0 Å². The van der Waals surface area contributed by atoms with Crippen LogP contribution < -0.4 is 5.32 Å². The van der Waals surface area contributed by atoms with Gasteiger partial charge in [0.15, 0.2) is 5.65 Å². The molecule has 0 aliphatic heterocycles. The van der Waals surface area contributed by atoms with E-state index in [-0.39, 0.29) is 17.9 Å². The molecule has 1 aliphatic rings. The van der Waals surface area contributed by atoms with Gasteiger partial charge >= 0.3 is 0 Å². The minimum atomic E-state index is -0.0283. The van der Waals surface area contributed by atoms with E-state index in [4.69, 9.17) is 5.10 Å². The molecule has 1 amide bonds. The standard InChI is InChI=1S/C23H28N4O/c1-15(2)21-19(23(28)25-18-12-8-5-9-13-18)14-24-22-20(16(3)26-27(21)22)17-10-6-4-7-11-17/h4,6-7,10-11,14-15,18H,5,8-9,12-13H2,1-3H3,(H,25,28). The van der Waals surface area contributed by atoms with Gasteiger partial charge in [-0.05, 0) is 31.2 Å². The van der Waals surface area contributed by atoms with Gasteiger partial charge in [0, 0.05) is 17.8 Å². The lowest BCUT2D eigenvalue weighted by atomic mass is 9.95. The number of fused-ring (bicyclic) bond motifs is 1. The number of carbonyl (C=O) groups excluding carboxylic acids is 1. The number of nitrogens with one attached hydrogen (secondary N) is 1. The highest BCUT2D eigenvalue weighted by atomic mass is 16.1. The first-order valence-electron chi connectivity index (χ1n) is 10.3. The predicted octanol–water partition coefficient (Wildman–Crippen LogP) is 4.89. The van der Waals surface area contributed by atoms with E-state index in [1.807, 2.05) is 29.6 Å². The van der Waals surface area contributed by atoms with E-state index < -0.39 is 0 Å². The summed E-state index contributed by atoms with van der Waals surface area (Å²) in [5, 5.41) is 8.00. The topological polar surface area (TPSA) is 59.3 Å². The Balaban J connectivity index is 1.78. The van der Waals surface area contributed by atoms with E-state index in [2.05, 4.69) is 36.3 Å². The lowest BCUT2D eigenvalue weighted by Gasteiger charge is -2.23. The second-order valence-corrected chi connectivity index (χ2v) is 8.08. The average Bonchev–Trinajstić information content (AvgIpc) is 3.04. The Morgan fingerprint density at radius 2 is 1.86 bits per heavy atom. The molecule has 1 fully saturated rings. The summed E-state index contributed by atoms with van der Waals surface area (Å²) < 4.78 is 1.87. The number of carbonyl (C=O) groups is 1. The van der Waals surface area contributed by atoms with E-state index in [1.165, 1.54) is 19.3 Å². The fourth-order valence-electron chi connectivity index (χ4n) is 4.29. The van der Waals surface area contributed by atoms with Gasteiger partial charge in [-0.2, -0.15) is 5.10 Å². The van der Waals surface area contributed by atoms with Gasteiger partial charge in [0.05, 0.1) is 17.0 Å². The van der Waals surface area contributed by atoms with Gasteiger partial charge in [-0.25, -0.2) is 9.50 Å². The molecular formula is C23H28N4O. The summed E-state index contributed by atoms with van der Waals surface area (Å²) in [4.78, 5) is 17.7. The summed E-state index contributed by atoms with van der Waals surface area (Å²) in [6.07, 6.45) is 7.52. The summed E-state index contributed by atoms with van der Waals surface area (Å²) in [6, 6.07) is 10.5. The van der Waals surface area contributed by atoms with E-state index in [0.717, 1.165) is 41.0 Å². The molecule has 28 heavy (non-hydrogen) atoms. The Labute approximate surface area is 166 Å². The zero-order valence-corrected chi connectivity index (χ0v) is 16.9. The van der Waals surface area contributed by atoms with Crippen molar-refractivity contribution in [3.8, 4) is 11.1 Å². The first-order valence-corrected chi connectivity index (χ1v) is 10.3. The molecule has 0 bridgehead atoms. The van der Waals surface area contributed by atoms with Crippen LogP contribution in [0.1, 0.15) is 73.6 Å². The zero-order valence-electron chi connectivity index (χ0n) is 16.9. The van der Waals surface area contributed by atoms with Crippen molar-refractivity contribution in [1.82, 2.24) is 19.9 Å². The predicted molar refractivity (Wildman–Crippen MR) is 112 cm³/mol. The van der Waals surface area contributed by atoms with Gasteiger partial charge in [-0.3, -0.25) is 4.79 Å². The molecule has 4 rings (SSSR count). The highest BCUT2D eigenvalue weighted by Gasteiger charge is 2.24. The molecule has 2 aromatic heterocycles. The summed E-state index contributed by atoms with van der Waals surface area (Å²) in [7, 11) is 0. The van der Waals surface area contributed by atoms with Crippen LogP contribution in [0.3, 0.4) is 0 Å². The third-order valence-corrected chi connectivity index (χ3v) is 5.65. The summed E-state index contributed by atoms with van der Waals surface area (Å²) in [5.74, 6) is 0.125. The van der Waals surface area contributed by atoms with E-state index >= 15 is 0 Å². The summed E-state index contributed by atoms with van der Waals surface area (Å²) in [6.45, 7) is 6.21. The minimum absolute atomic E-state index is 0.0283. The average molecular weight is 377 g/mol. The molecule has 1 aliphatic carbocycles. The Bertz CT molecular complexity index is 985. The molecule has 0 radical (unpaired) electrons. The number of hydrogen-bond acceptors (Lipinski definition) is 3. The quantitative estimate of drug-likeness (QED) is 0.705. The fourth-order valence-corrected chi connectivity index (χ4v) is 4.29. The summed E-state index contributed by atoms with van der Waals surface area (Å²) in [5.41, 5.74) is 5.41. The highest BCUT2D eigenvalue weighted by Crippen LogP contribution is 2.30. The van der Waals surface area contributed by atoms with E-state index in [9.17, 15) is 4.79 Å². The van der Waals surface area contributed by atoms with Crippen LogP contribution in [0.2, 0.25) is 0 Å². The normalized spacial score (nSPS) is 15.3. The number of benzene rings is 1. The molecule has 1 saturated carbocycles. The third kappa shape index (κ3) is 3.41. The summed E-state index contributed by atoms with van der Waals surface area (Å²) >= 11 is 0. The van der Waals surface area contributed by atoms with Crippen molar-refractivity contribution < 1.29 is 4.79 Å². The molecule has 3 aromatic rings. The molecule has 0 spiro atoms. The van der Waals surface area contributed by atoms with Crippen molar-refractivity contribution in [2.45, 2.75) is 64.8 Å². The molecule has 0 atom stereocenters. The van der Waals surface area contributed by atoms with Gasteiger partial charge in [-0.15, -0.1) is 0 Å². The Morgan fingerprint density at radius 3 is 2.54 bits per heavy atom. The number of aryl methyl sites for hydroxylation is 1. The maximum absolute atomic E-state index is 13.1. The van der Waals surface area contributed by atoms with Gasteiger partial charge < -0.3 is 5.32 Å². The first kappa shape index (κ1) is 18.7. The first-order chi connectivity index (χ1) is 13.6. The molecule has 2 heterocycles. The van der Waals surface area contributed by atoms with Crippen molar-refractivity contribution in [3.63, 3.8) is 0 Å². The molecule has 5 heteroatoms. The molecule has 1 aromatic carbocycles. The number of hydrogen-bond donors (Lipinski definition) is 1. The van der Waals surface area contributed by atoms with Crippen LogP contribution in [0.25, 0.3) is 16.8 Å². The molecule has 146 valence electrons. The maximum atomic E-state index is 13.1. The third-order valence-electron chi connectivity index (χ3n) is 5.65. The van der Waals surface area contributed by atoms with Crippen LogP contribution in [0.15, 0.2) is 36.5 Å². The van der Waals surface area contributed by atoms with Crippen LogP contribution >= 0.6 is 0 Å². The van der Waals surface area contributed by atoms with Crippen LogP contribution in [0, 0.1) is 6.92 Å².